The second-order valence-electron chi connectivity index (χ2n) is 7.37. The number of unbranched alkanes of at least 4 members (excludes halogenated alkanes) is 2. The number of hydrogen-bond acceptors (Lipinski definition) is 2. The van der Waals surface area contributed by atoms with Crippen LogP contribution in [-0.2, 0) is 10.7 Å². The van der Waals surface area contributed by atoms with Gasteiger partial charge >= 0.3 is 5.97 Å². The standard InChI is InChI=1S/C23H31O3P/c1-4-6-14-27(26,15-7-5-2)17-19-12-13-21(23(24)25)22(16-19)20-11-9-8-10-18(20)3/h8-13,16H,4-7,14-15,17H2,1-3H3,(H,24,25). The van der Waals surface area contributed by atoms with Crippen molar-refractivity contribution in [1.82, 2.24) is 0 Å². The Bertz CT molecular complexity index is 814. The van der Waals surface area contributed by atoms with Crippen LogP contribution >= 0.6 is 7.14 Å². The van der Waals surface area contributed by atoms with Gasteiger partial charge in [-0.1, -0.05) is 57.0 Å². The maximum absolute atomic E-state index is 13.5. The SMILES string of the molecule is CCCCP(=O)(CCCC)Cc1ccc(C(=O)O)c(-c2ccccc2C)c1. The van der Waals surface area contributed by atoms with Gasteiger partial charge in [0.15, 0.2) is 0 Å². The molecule has 146 valence electrons. The molecule has 0 saturated heterocycles. The first-order valence-electron chi connectivity index (χ1n) is 9.89. The predicted molar refractivity (Wildman–Crippen MR) is 114 cm³/mol. The van der Waals surface area contributed by atoms with Crippen LogP contribution in [0.2, 0.25) is 0 Å². The van der Waals surface area contributed by atoms with Gasteiger partial charge in [-0.05, 0) is 54.2 Å². The predicted octanol–water partition coefficient (Wildman–Crippen LogP) is 6.82. The number of carboxylic acids is 1. The number of aryl methyl sites for hydroxylation is 1. The molecular formula is C23H31O3P. The average Bonchev–Trinajstić information content (AvgIpc) is 2.65. The Morgan fingerprint density at radius 2 is 1.59 bits per heavy atom. The lowest BCUT2D eigenvalue weighted by Gasteiger charge is -2.19. The van der Waals surface area contributed by atoms with E-state index in [-0.39, 0.29) is 0 Å². The summed E-state index contributed by atoms with van der Waals surface area (Å²) in [6.45, 7) is 6.24. The van der Waals surface area contributed by atoms with Crippen molar-refractivity contribution >= 4 is 13.1 Å². The average molecular weight is 386 g/mol. The van der Waals surface area contributed by atoms with E-state index in [1.54, 1.807) is 6.07 Å². The Morgan fingerprint density at radius 3 is 2.15 bits per heavy atom. The number of carbonyl (C=O) groups is 1. The van der Waals surface area contributed by atoms with E-state index in [2.05, 4.69) is 13.8 Å². The van der Waals surface area contributed by atoms with Gasteiger partial charge in [0.2, 0.25) is 0 Å². The number of benzene rings is 2. The lowest BCUT2D eigenvalue weighted by Crippen LogP contribution is -2.03. The highest BCUT2D eigenvalue weighted by molar-refractivity contribution is 7.63. The summed E-state index contributed by atoms with van der Waals surface area (Å²) in [5, 5.41) is 9.62. The summed E-state index contributed by atoms with van der Waals surface area (Å²) in [6, 6.07) is 13.3. The van der Waals surface area contributed by atoms with E-state index < -0.39 is 13.1 Å². The van der Waals surface area contributed by atoms with Crippen molar-refractivity contribution in [1.29, 1.82) is 0 Å². The molecule has 0 aliphatic carbocycles. The van der Waals surface area contributed by atoms with Gasteiger partial charge in [0.1, 0.15) is 0 Å². The molecule has 0 heterocycles. The summed E-state index contributed by atoms with van der Waals surface area (Å²) >= 11 is 0. The molecule has 0 unspecified atom stereocenters. The van der Waals surface area contributed by atoms with Crippen LogP contribution in [-0.4, -0.2) is 23.4 Å². The fraction of sp³-hybridized carbons (Fsp3) is 0.435. The van der Waals surface area contributed by atoms with Gasteiger partial charge in [0, 0.05) is 18.5 Å². The van der Waals surface area contributed by atoms with Gasteiger partial charge < -0.3 is 9.67 Å². The normalized spacial score (nSPS) is 11.5. The largest absolute Gasteiger partial charge is 0.478 e. The molecular weight excluding hydrogens is 355 g/mol. The van der Waals surface area contributed by atoms with Crippen molar-refractivity contribution < 1.29 is 14.5 Å². The van der Waals surface area contributed by atoms with Gasteiger partial charge in [-0.25, -0.2) is 4.79 Å². The lowest BCUT2D eigenvalue weighted by molar-refractivity contribution is 0.0697. The smallest absolute Gasteiger partial charge is 0.336 e. The van der Waals surface area contributed by atoms with Gasteiger partial charge in [0.25, 0.3) is 0 Å². The lowest BCUT2D eigenvalue weighted by atomic mass is 9.94. The van der Waals surface area contributed by atoms with Crippen molar-refractivity contribution in [2.75, 3.05) is 12.3 Å². The van der Waals surface area contributed by atoms with Crippen LogP contribution in [0.5, 0.6) is 0 Å². The summed E-state index contributed by atoms with van der Waals surface area (Å²) in [5.41, 5.74) is 3.96. The first kappa shape index (κ1) is 21.4. The minimum absolute atomic E-state index is 0.296. The molecule has 0 saturated carbocycles. The van der Waals surface area contributed by atoms with E-state index in [9.17, 15) is 14.5 Å². The van der Waals surface area contributed by atoms with Crippen LogP contribution in [0.3, 0.4) is 0 Å². The molecule has 1 N–H and O–H groups in total. The van der Waals surface area contributed by atoms with Crippen LogP contribution in [0.1, 0.15) is 61.0 Å². The number of rotatable bonds is 10. The van der Waals surface area contributed by atoms with Gasteiger partial charge in [-0.3, -0.25) is 0 Å². The molecule has 0 aliphatic rings. The molecule has 4 heteroatoms. The topological polar surface area (TPSA) is 54.4 Å². The molecule has 3 nitrogen and oxygen atoms in total. The monoisotopic (exact) mass is 386 g/mol. The molecule has 0 aromatic heterocycles. The van der Waals surface area contributed by atoms with Gasteiger partial charge in [0.05, 0.1) is 12.7 Å². The first-order chi connectivity index (χ1) is 12.9. The van der Waals surface area contributed by atoms with E-state index in [4.69, 9.17) is 0 Å². The zero-order valence-electron chi connectivity index (χ0n) is 16.7. The minimum Gasteiger partial charge on any atom is -0.478 e. The molecule has 0 amide bonds. The first-order valence-corrected chi connectivity index (χ1v) is 12.2. The maximum Gasteiger partial charge on any atom is 0.336 e. The fourth-order valence-electron chi connectivity index (χ4n) is 3.47. The van der Waals surface area contributed by atoms with Crippen LogP contribution in [0.15, 0.2) is 42.5 Å². The molecule has 0 atom stereocenters. The highest BCUT2D eigenvalue weighted by Gasteiger charge is 2.23. The number of hydrogen-bond donors (Lipinski definition) is 1. The highest BCUT2D eigenvalue weighted by atomic mass is 31.2. The summed E-state index contributed by atoms with van der Waals surface area (Å²) in [6.07, 6.45) is 6.18. The Kier molecular flexibility index (Phi) is 7.86. The van der Waals surface area contributed by atoms with Crippen molar-refractivity contribution in [2.24, 2.45) is 0 Å². The molecule has 0 aliphatic heterocycles. The second kappa shape index (κ2) is 9.90. The highest BCUT2D eigenvalue weighted by Crippen LogP contribution is 2.51. The molecule has 27 heavy (non-hydrogen) atoms. The van der Waals surface area contributed by atoms with Crippen LogP contribution in [0, 0.1) is 6.92 Å². The third kappa shape index (κ3) is 5.81. The molecule has 0 fully saturated rings. The molecule has 0 bridgehead atoms. The zero-order chi connectivity index (χ0) is 19.9. The molecule has 0 radical (unpaired) electrons. The summed E-state index contributed by atoms with van der Waals surface area (Å²) in [5.74, 6) is -0.931. The molecule has 2 rings (SSSR count). The zero-order valence-corrected chi connectivity index (χ0v) is 17.6. The summed E-state index contributed by atoms with van der Waals surface area (Å²) in [7, 11) is -2.28. The van der Waals surface area contributed by atoms with E-state index >= 15 is 0 Å². The van der Waals surface area contributed by atoms with E-state index in [1.807, 2.05) is 43.3 Å². The Morgan fingerprint density at radius 1 is 0.963 bits per heavy atom. The Balaban J connectivity index is 2.43. The van der Waals surface area contributed by atoms with E-state index in [1.165, 1.54) is 0 Å². The maximum atomic E-state index is 13.5. The van der Waals surface area contributed by atoms with Crippen molar-refractivity contribution in [3.8, 4) is 11.1 Å². The molecule has 2 aromatic rings. The van der Waals surface area contributed by atoms with Gasteiger partial charge in [-0.15, -0.1) is 0 Å². The van der Waals surface area contributed by atoms with Crippen molar-refractivity contribution in [2.45, 2.75) is 52.6 Å². The molecule has 2 aromatic carbocycles. The van der Waals surface area contributed by atoms with Crippen LogP contribution in [0.4, 0.5) is 0 Å². The Labute approximate surface area is 163 Å². The minimum atomic E-state index is -2.28. The third-order valence-electron chi connectivity index (χ3n) is 5.06. The van der Waals surface area contributed by atoms with E-state index in [0.29, 0.717) is 11.7 Å². The third-order valence-corrected chi connectivity index (χ3v) is 8.26. The van der Waals surface area contributed by atoms with Crippen LogP contribution in [0.25, 0.3) is 11.1 Å². The number of aromatic carboxylic acids is 1. The van der Waals surface area contributed by atoms with Crippen molar-refractivity contribution in [3.05, 3.63) is 59.2 Å². The van der Waals surface area contributed by atoms with Crippen LogP contribution < -0.4 is 0 Å². The quantitative estimate of drug-likeness (QED) is 0.456. The number of carboxylic acid groups (broad SMARTS) is 1. The molecule has 0 spiro atoms. The Hall–Kier alpha value is -1.86. The van der Waals surface area contributed by atoms with E-state index in [0.717, 1.165) is 60.3 Å². The fourth-order valence-corrected chi connectivity index (χ4v) is 6.66. The summed E-state index contributed by atoms with van der Waals surface area (Å²) < 4.78 is 13.5. The second-order valence-corrected chi connectivity index (χ2v) is 10.7. The summed E-state index contributed by atoms with van der Waals surface area (Å²) in [4.78, 5) is 11.7. The van der Waals surface area contributed by atoms with Crippen molar-refractivity contribution in [3.63, 3.8) is 0 Å². The van der Waals surface area contributed by atoms with Gasteiger partial charge in [-0.2, -0.15) is 0 Å².